The monoisotopic (exact) mass is 380 g/mol. The van der Waals surface area contributed by atoms with Gasteiger partial charge in [-0.05, 0) is 50.7 Å². The van der Waals surface area contributed by atoms with Gasteiger partial charge in [0.15, 0.2) is 14.6 Å². The van der Waals surface area contributed by atoms with Crippen LogP contribution in [0.2, 0.25) is 0 Å². The maximum atomic E-state index is 13.0. The van der Waals surface area contributed by atoms with Gasteiger partial charge < -0.3 is 10.2 Å². The van der Waals surface area contributed by atoms with Gasteiger partial charge in [-0.15, -0.1) is 23.7 Å². The van der Waals surface area contributed by atoms with E-state index in [2.05, 4.69) is 5.32 Å². The number of carbonyl (C=O) groups excluding carboxylic acids is 1. The predicted octanol–water partition coefficient (Wildman–Crippen LogP) is 1.73. The van der Waals surface area contributed by atoms with Crippen LogP contribution in [-0.2, 0) is 21.1 Å². The molecular formula is C15H25ClN2O3S2. The van der Waals surface area contributed by atoms with Crippen LogP contribution in [-0.4, -0.2) is 56.4 Å². The normalized spacial score (nSPS) is 17.3. The average molecular weight is 381 g/mol. The van der Waals surface area contributed by atoms with Gasteiger partial charge in [-0.1, -0.05) is 6.07 Å². The lowest BCUT2D eigenvalue weighted by molar-refractivity contribution is -0.134. The Hall–Kier alpha value is -0.630. The Labute approximate surface area is 148 Å². The van der Waals surface area contributed by atoms with Gasteiger partial charge in [-0.2, -0.15) is 0 Å². The van der Waals surface area contributed by atoms with E-state index in [0.717, 1.165) is 6.42 Å². The van der Waals surface area contributed by atoms with Crippen LogP contribution in [0, 0.1) is 0 Å². The Morgan fingerprint density at radius 3 is 2.52 bits per heavy atom. The van der Waals surface area contributed by atoms with Crippen molar-refractivity contribution in [2.75, 3.05) is 32.4 Å². The number of halogens is 1. The van der Waals surface area contributed by atoms with Crippen LogP contribution in [0.5, 0.6) is 0 Å². The molecule has 5 nitrogen and oxygen atoms in total. The van der Waals surface area contributed by atoms with Crippen LogP contribution in [0.4, 0.5) is 0 Å². The summed E-state index contributed by atoms with van der Waals surface area (Å²) in [6.07, 6.45) is 2.69. The number of likely N-dealkylation sites (N-methyl/N-ethyl adjacent to an activating group) is 1. The fourth-order valence-electron chi connectivity index (χ4n) is 2.97. The highest BCUT2D eigenvalue weighted by Gasteiger charge is 2.50. The molecule has 2 heterocycles. The minimum Gasteiger partial charge on any atom is -0.341 e. The van der Waals surface area contributed by atoms with Gasteiger partial charge in [0.2, 0.25) is 5.91 Å². The van der Waals surface area contributed by atoms with Gasteiger partial charge in [0.25, 0.3) is 0 Å². The van der Waals surface area contributed by atoms with Gasteiger partial charge in [-0.25, -0.2) is 8.42 Å². The zero-order valence-electron chi connectivity index (χ0n) is 13.6. The van der Waals surface area contributed by atoms with Gasteiger partial charge >= 0.3 is 0 Å². The molecule has 1 aliphatic rings. The highest BCUT2D eigenvalue weighted by Crippen LogP contribution is 2.30. The number of amides is 1. The average Bonchev–Trinajstić information content (AvgIpc) is 3.00. The fraction of sp³-hybridized carbons (Fsp3) is 0.667. The summed E-state index contributed by atoms with van der Waals surface area (Å²) in [6.45, 7) is 4.15. The number of nitrogens with zero attached hydrogens (tertiary/aromatic N) is 1. The minimum absolute atomic E-state index is 0. The Morgan fingerprint density at radius 1 is 1.39 bits per heavy atom. The third-order valence-corrected chi connectivity index (χ3v) is 7.33. The minimum atomic E-state index is -3.44. The molecule has 0 unspecified atom stereocenters. The van der Waals surface area contributed by atoms with Crippen LogP contribution in [0.25, 0.3) is 0 Å². The molecule has 0 atom stereocenters. The van der Waals surface area contributed by atoms with Gasteiger partial charge in [0.05, 0.1) is 0 Å². The van der Waals surface area contributed by atoms with Gasteiger partial charge in [-0.3, -0.25) is 4.79 Å². The first-order valence-corrected chi connectivity index (χ1v) is 10.4. The largest absolute Gasteiger partial charge is 0.341 e. The molecule has 2 rings (SSSR count). The first-order valence-electron chi connectivity index (χ1n) is 7.63. The number of thiophene rings is 1. The molecule has 1 amide bonds. The second-order valence-corrected chi connectivity index (χ2v) is 9.09. The summed E-state index contributed by atoms with van der Waals surface area (Å²) in [5.41, 5.74) is 0. The number of sulfone groups is 1. The van der Waals surface area contributed by atoms with Crippen LogP contribution < -0.4 is 5.32 Å². The second kappa shape index (κ2) is 8.46. The van der Waals surface area contributed by atoms with Crippen molar-refractivity contribution in [2.24, 2.45) is 0 Å². The fourth-order valence-corrected chi connectivity index (χ4v) is 5.06. The highest BCUT2D eigenvalue weighted by atomic mass is 35.5. The topological polar surface area (TPSA) is 66.5 Å². The molecule has 1 fully saturated rings. The number of carbonyl (C=O) groups is 1. The van der Waals surface area contributed by atoms with Crippen molar-refractivity contribution in [2.45, 2.75) is 30.9 Å². The van der Waals surface area contributed by atoms with Crippen molar-refractivity contribution in [3.05, 3.63) is 22.4 Å². The number of rotatable bonds is 6. The SMILES string of the molecule is CCN(CCc1cccs1)C(=O)C1(S(C)(=O)=O)CCNCC1.Cl. The highest BCUT2D eigenvalue weighted by molar-refractivity contribution is 7.92. The van der Waals surface area contributed by atoms with E-state index in [-0.39, 0.29) is 18.3 Å². The molecule has 1 aliphatic heterocycles. The Bertz CT molecular complexity index is 596. The lowest BCUT2D eigenvalue weighted by Crippen LogP contribution is -2.58. The summed E-state index contributed by atoms with van der Waals surface area (Å²) < 4.78 is 23.4. The summed E-state index contributed by atoms with van der Waals surface area (Å²) in [5.74, 6) is -0.226. The van der Waals surface area contributed by atoms with Crippen LogP contribution in [0.15, 0.2) is 17.5 Å². The number of piperidine rings is 1. The molecule has 1 saturated heterocycles. The molecular weight excluding hydrogens is 356 g/mol. The molecule has 0 radical (unpaired) electrons. The van der Waals surface area contributed by atoms with Crippen molar-refractivity contribution in [1.82, 2.24) is 10.2 Å². The summed E-state index contributed by atoms with van der Waals surface area (Å²) in [4.78, 5) is 15.9. The second-order valence-electron chi connectivity index (χ2n) is 5.73. The Morgan fingerprint density at radius 2 is 2.04 bits per heavy atom. The van der Waals surface area contributed by atoms with Gasteiger partial charge in [0.1, 0.15) is 0 Å². The molecule has 132 valence electrons. The smallest absolute Gasteiger partial charge is 0.244 e. The predicted molar refractivity (Wildman–Crippen MR) is 97.2 cm³/mol. The zero-order chi connectivity index (χ0) is 16.2. The van der Waals surface area contributed by atoms with Crippen molar-refractivity contribution >= 4 is 39.5 Å². The molecule has 0 aromatic carbocycles. The van der Waals surface area contributed by atoms with Crippen LogP contribution >= 0.6 is 23.7 Å². The summed E-state index contributed by atoms with van der Waals surface area (Å²) in [7, 11) is -3.44. The third kappa shape index (κ3) is 4.47. The van der Waals surface area contributed by atoms with E-state index in [9.17, 15) is 13.2 Å². The number of hydrogen-bond donors (Lipinski definition) is 1. The zero-order valence-corrected chi connectivity index (χ0v) is 16.0. The summed E-state index contributed by atoms with van der Waals surface area (Å²) in [5, 5.41) is 5.16. The standard InChI is InChI=1S/C15H24N2O3S2.ClH/c1-3-17(11-6-13-5-4-12-21-13)14(18)15(22(2,19)20)7-9-16-10-8-15;/h4-5,12,16H,3,6-11H2,1-2H3;1H. The maximum absolute atomic E-state index is 13.0. The molecule has 1 aromatic heterocycles. The van der Waals surface area contributed by atoms with E-state index in [0.29, 0.717) is 39.0 Å². The number of nitrogens with one attached hydrogen (secondary N) is 1. The molecule has 1 N–H and O–H groups in total. The summed E-state index contributed by atoms with van der Waals surface area (Å²) >= 11 is 1.66. The van der Waals surface area contributed by atoms with Crippen molar-refractivity contribution in [3.63, 3.8) is 0 Å². The molecule has 0 spiro atoms. The van der Waals surface area contributed by atoms with E-state index >= 15 is 0 Å². The van der Waals surface area contributed by atoms with Gasteiger partial charge in [0, 0.05) is 24.2 Å². The molecule has 0 bridgehead atoms. The first kappa shape index (κ1) is 20.4. The molecule has 0 aliphatic carbocycles. The summed E-state index contributed by atoms with van der Waals surface area (Å²) in [6, 6.07) is 4.03. The Balaban J connectivity index is 0.00000264. The molecule has 8 heteroatoms. The first-order chi connectivity index (χ1) is 10.4. The van der Waals surface area contributed by atoms with E-state index in [1.807, 2.05) is 24.4 Å². The lowest BCUT2D eigenvalue weighted by atomic mass is 9.95. The third-order valence-electron chi connectivity index (χ3n) is 4.39. The van der Waals surface area contributed by atoms with Crippen molar-refractivity contribution in [3.8, 4) is 0 Å². The molecule has 23 heavy (non-hydrogen) atoms. The van der Waals surface area contributed by atoms with E-state index in [1.54, 1.807) is 16.2 Å². The van der Waals surface area contributed by atoms with Crippen LogP contribution in [0.1, 0.15) is 24.6 Å². The maximum Gasteiger partial charge on any atom is 0.244 e. The van der Waals surface area contributed by atoms with Crippen molar-refractivity contribution < 1.29 is 13.2 Å². The lowest BCUT2D eigenvalue weighted by Gasteiger charge is -2.38. The van der Waals surface area contributed by atoms with E-state index < -0.39 is 14.6 Å². The quantitative estimate of drug-likeness (QED) is 0.816. The molecule has 1 aromatic rings. The van der Waals surface area contributed by atoms with Crippen LogP contribution in [0.3, 0.4) is 0 Å². The van der Waals surface area contributed by atoms with Crippen molar-refractivity contribution in [1.29, 1.82) is 0 Å². The molecule has 0 saturated carbocycles. The number of hydrogen-bond acceptors (Lipinski definition) is 5. The Kier molecular flexibility index (Phi) is 7.51. The van der Waals surface area contributed by atoms with E-state index in [4.69, 9.17) is 0 Å². The van der Waals surface area contributed by atoms with E-state index in [1.165, 1.54) is 11.1 Å².